The topological polar surface area (TPSA) is 49.3 Å². The Labute approximate surface area is 149 Å². The van der Waals surface area contributed by atoms with Crippen LogP contribution in [0.25, 0.3) is 0 Å². The van der Waals surface area contributed by atoms with Gasteiger partial charge in [-0.25, -0.2) is 4.98 Å². The molecule has 0 aliphatic heterocycles. The van der Waals surface area contributed by atoms with Gasteiger partial charge in [0.15, 0.2) is 5.96 Å². The molecule has 0 aliphatic carbocycles. The molecule has 130 valence electrons. The lowest BCUT2D eigenvalue weighted by atomic mass is 9.84. The third-order valence-corrected chi connectivity index (χ3v) is 5.05. The minimum Gasteiger partial charge on any atom is -0.356 e. The van der Waals surface area contributed by atoms with Crippen molar-refractivity contribution in [2.45, 2.75) is 46.1 Å². The van der Waals surface area contributed by atoms with Gasteiger partial charge in [0.25, 0.3) is 0 Å². The lowest BCUT2D eigenvalue weighted by molar-refractivity contribution is 0.508. The summed E-state index contributed by atoms with van der Waals surface area (Å²) in [4.78, 5) is 9.90. The maximum atomic E-state index is 4.37. The van der Waals surface area contributed by atoms with E-state index in [9.17, 15) is 0 Å². The van der Waals surface area contributed by atoms with Gasteiger partial charge in [-0.1, -0.05) is 45.0 Å². The zero-order valence-corrected chi connectivity index (χ0v) is 16.1. The molecule has 1 aromatic carbocycles. The van der Waals surface area contributed by atoms with Gasteiger partial charge in [-0.3, -0.25) is 4.99 Å². The van der Waals surface area contributed by atoms with E-state index in [4.69, 9.17) is 0 Å². The second-order valence-electron chi connectivity index (χ2n) is 6.58. The largest absolute Gasteiger partial charge is 0.356 e. The molecule has 0 aliphatic rings. The Morgan fingerprint density at radius 1 is 1.21 bits per heavy atom. The average molecular weight is 345 g/mol. The first kappa shape index (κ1) is 18.5. The van der Waals surface area contributed by atoms with Gasteiger partial charge in [0.1, 0.15) is 5.01 Å². The highest BCUT2D eigenvalue weighted by atomic mass is 32.1. The van der Waals surface area contributed by atoms with E-state index in [2.05, 4.69) is 72.6 Å². The zero-order chi connectivity index (χ0) is 17.6. The normalized spacial score (nSPS) is 12.3. The molecule has 1 heterocycles. The lowest BCUT2D eigenvalue weighted by Crippen LogP contribution is -2.43. The minimum atomic E-state index is 0.0294. The Kier molecular flexibility index (Phi) is 6.37. The third kappa shape index (κ3) is 5.06. The smallest absolute Gasteiger partial charge is 0.191 e. The van der Waals surface area contributed by atoms with Crippen LogP contribution in [0.3, 0.4) is 0 Å². The summed E-state index contributed by atoms with van der Waals surface area (Å²) in [5.74, 6) is 0.807. The molecule has 24 heavy (non-hydrogen) atoms. The molecule has 0 amide bonds. The minimum absolute atomic E-state index is 0.0294. The van der Waals surface area contributed by atoms with Crippen molar-refractivity contribution in [3.8, 4) is 0 Å². The van der Waals surface area contributed by atoms with E-state index >= 15 is 0 Å². The molecular weight excluding hydrogens is 316 g/mol. The molecule has 0 fully saturated rings. The van der Waals surface area contributed by atoms with E-state index in [0.29, 0.717) is 6.54 Å². The molecule has 0 radical (unpaired) electrons. The molecule has 0 unspecified atom stereocenters. The Morgan fingerprint density at radius 2 is 1.92 bits per heavy atom. The lowest BCUT2D eigenvalue weighted by Gasteiger charge is -2.27. The highest BCUT2D eigenvalue weighted by Gasteiger charge is 2.20. The number of aryl methyl sites for hydroxylation is 2. The fourth-order valence-electron chi connectivity index (χ4n) is 2.46. The van der Waals surface area contributed by atoms with Crippen molar-refractivity contribution in [2.75, 3.05) is 13.6 Å². The summed E-state index contributed by atoms with van der Waals surface area (Å²) in [5, 5.41) is 7.83. The number of guanidine groups is 1. The molecule has 1 aromatic heterocycles. The van der Waals surface area contributed by atoms with Crippen molar-refractivity contribution >= 4 is 17.3 Å². The van der Waals surface area contributed by atoms with Gasteiger partial charge in [-0.2, -0.15) is 0 Å². The van der Waals surface area contributed by atoms with Crippen molar-refractivity contribution in [2.24, 2.45) is 4.99 Å². The number of aromatic nitrogens is 1. The SMILES string of the molecule is CCc1ccc(C(C)(C)CNC(=NC)NCc2ncc(C)s2)cc1. The molecule has 0 spiro atoms. The second kappa shape index (κ2) is 8.29. The summed E-state index contributed by atoms with van der Waals surface area (Å²) < 4.78 is 0. The van der Waals surface area contributed by atoms with E-state index in [0.717, 1.165) is 23.9 Å². The molecule has 2 aromatic rings. The number of nitrogens with zero attached hydrogens (tertiary/aromatic N) is 2. The monoisotopic (exact) mass is 344 g/mol. The van der Waals surface area contributed by atoms with Crippen molar-refractivity contribution in [3.05, 3.63) is 51.5 Å². The number of nitrogens with one attached hydrogen (secondary N) is 2. The summed E-state index contributed by atoms with van der Waals surface area (Å²) in [6.45, 7) is 10.3. The van der Waals surface area contributed by atoms with Gasteiger partial charge in [0, 0.05) is 30.1 Å². The Morgan fingerprint density at radius 3 is 2.46 bits per heavy atom. The van der Waals surface area contributed by atoms with Gasteiger partial charge in [0.2, 0.25) is 0 Å². The van der Waals surface area contributed by atoms with E-state index in [1.807, 2.05) is 6.20 Å². The van der Waals surface area contributed by atoms with Crippen molar-refractivity contribution < 1.29 is 0 Å². The van der Waals surface area contributed by atoms with E-state index in [1.165, 1.54) is 16.0 Å². The van der Waals surface area contributed by atoms with Crippen molar-refractivity contribution in [1.29, 1.82) is 0 Å². The quantitative estimate of drug-likeness (QED) is 0.621. The first-order valence-electron chi connectivity index (χ1n) is 8.40. The second-order valence-corrected chi connectivity index (χ2v) is 7.90. The van der Waals surface area contributed by atoms with Crippen LogP contribution >= 0.6 is 11.3 Å². The van der Waals surface area contributed by atoms with Crippen LogP contribution in [-0.4, -0.2) is 24.5 Å². The Balaban J connectivity index is 1.90. The summed E-state index contributed by atoms with van der Waals surface area (Å²) >= 11 is 1.71. The summed E-state index contributed by atoms with van der Waals surface area (Å²) in [5.41, 5.74) is 2.73. The van der Waals surface area contributed by atoms with Crippen LogP contribution in [-0.2, 0) is 18.4 Å². The molecule has 4 nitrogen and oxygen atoms in total. The predicted molar refractivity (Wildman–Crippen MR) is 104 cm³/mol. The summed E-state index contributed by atoms with van der Waals surface area (Å²) in [6.07, 6.45) is 2.98. The fourth-order valence-corrected chi connectivity index (χ4v) is 3.19. The van der Waals surface area contributed by atoms with Crippen LogP contribution in [0, 0.1) is 6.92 Å². The molecule has 0 saturated carbocycles. The van der Waals surface area contributed by atoms with Gasteiger partial charge in [-0.15, -0.1) is 11.3 Å². The van der Waals surface area contributed by atoms with Crippen LogP contribution < -0.4 is 10.6 Å². The fraction of sp³-hybridized carbons (Fsp3) is 0.474. The van der Waals surface area contributed by atoms with E-state index < -0.39 is 0 Å². The number of thiazole rings is 1. The predicted octanol–water partition coefficient (Wildman–Crippen LogP) is 3.66. The maximum absolute atomic E-state index is 4.37. The molecule has 0 saturated heterocycles. The number of hydrogen-bond acceptors (Lipinski definition) is 3. The van der Waals surface area contributed by atoms with E-state index in [1.54, 1.807) is 18.4 Å². The molecule has 0 atom stereocenters. The molecule has 2 rings (SSSR count). The number of rotatable bonds is 6. The summed E-state index contributed by atoms with van der Waals surface area (Å²) in [6, 6.07) is 8.90. The van der Waals surface area contributed by atoms with Gasteiger partial charge in [0.05, 0.1) is 6.54 Å². The highest BCUT2D eigenvalue weighted by molar-refractivity contribution is 7.11. The van der Waals surface area contributed by atoms with Gasteiger partial charge < -0.3 is 10.6 Å². The van der Waals surface area contributed by atoms with Crippen LogP contribution in [0.4, 0.5) is 0 Å². The third-order valence-electron chi connectivity index (χ3n) is 4.14. The van der Waals surface area contributed by atoms with Crippen LogP contribution in [0.5, 0.6) is 0 Å². The molecule has 0 bridgehead atoms. The van der Waals surface area contributed by atoms with Gasteiger partial charge >= 0.3 is 0 Å². The Bertz CT molecular complexity index is 671. The summed E-state index contributed by atoms with van der Waals surface area (Å²) in [7, 11) is 1.80. The number of hydrogen-bond donors (Lipinski definition) is 2. The molecule has 2 N–H and O–H groups in total. The number of benzene rings is 1. The maximum Gasteiger partial charge on any atom is 0.191 e. The highest BCUT2D eigenvalue weighted by Crippen LogP contribution is 2.22. The number of aliphatic imine (C=N–C) groups is 1. The first-order chi connectivity index (χ1) is 11.4. The standard InChI is InChI=1S/C19H28N4S/c1-6-15-7-9-16(10-8-15)19(3,4)13-23-18(20-5)22-12-17-21-11-14(2)24-17/h7-11H,6,12-13H2,1-5H3,(H2,20,22,23). The Hall–Kier alpha value is -1.88. The molecule has 5 heteroatoms. The van der Waals surface area contributed by atoms with Crippen LogP contribution in [0.2, 0.25) is 0 Å². The zero-order valence-electron chi connectivity index (χ0n) is 15.3. The molecular formula is C19H28N4S. The van der Waals surface area contributed by atoms with E-state index in [-0.39, 0.29) is 5.41 Å². The van der Waals surface area contributed by atoms with Crippen LogP contribution in [0.1, 0.15) is 41.8 Å². The van der Waals surface area contributed by atoms with Crippen molar-refractivity contribution in [3.63, 3.8) is 0 Å². The first-order valence-corrected chi connectivity index (χ1v) is 9.21. The van der Waals surface area contributed by atoms with Crippen molar-refractivity contribution in [1.82, 2.24) is 15.6 Å². The van der Waals surface area contributed by atoms with Crippen LogP contribution in [0.15, 0.2) is 35.5 Å². The average Bonchev–Trinajstić information content (AvgIpc) is 3.00. The van der Waals surface area contributed by atoms with Gasteiger partial charge in [-0.05, 0) is 24.5 Å².